The molecule has 0 spiro atoms. The van der Waals surface area contributed by atoms with Crippen molar-refractivity contribution in [1.82, 2.24) is 9.36 Å². The van der Waals surface area contributed by atoms with Crippen LogP contribution >= 0.6 is 11.6 Å². The first-order valence-electron chi connectivity index (χ1n) is 17.8. The van der Waals surface area contributed by atoms with Gasteiger partial charge in [-0.25, -0.2) is 9.58 Å². The van der Waals surface area contributed by atoms with Crippen LogP contribution in [0.4, 0.5) is 11.4 Å². The molecule has 4 aromatic rings. The van der Waals surface area contributed by atoms with E-state index >= 15 is 0 Å². The number of fused-ring (bicyclic) bond motifs is 1. The number of nitrogens with zero attached hydrogens (tertiary/aromatic N) is 3. The molecule has 0 bridgehead atoms. The number of rotatable bonds is 15. The van der Waals surface area contributed by atoms with Crippen molar-refractivity contribution in [2.75, 3.05) is 49.9 Å². The number of nitrogens with one attached hydrogen (secondary N) is 1. The first-order chi connectivity index (χ1) is 26.0. The summed E-state index contributed by atoms with van der Waals surface area (Å²) in [6, 6.07) is 18.7. The molecule has 0 radical (unpaired) electrons. The Morgan fingerprint density at radius 3 is 2.35 bits per heavy atom. The standard InChI is InChI=1S/C40H43ClN4O9/c1-5-53-40-30(15-17-51-19-20-52-18-16-46)31(35-25(3)43(4)45(39(35)50)28-9-7-6-8-10-28)23-34(54-40)36(47)42-27-12-14-33(24(2)21-27)44-37(48)29-13-11-26(41)22-32(29)38(44)49/h6-14,21-23,30-31,40,46H,5,15-20H2,1-4H3,(H,42,47)/t30-,31+,40-/m1/s1. The number of halogens is 1. The van der Waals surface area contributed by atoms with Crippen LogP contribution in [0.25, 0.3) is 5.69 Å². The quantitative estimate of drug-likeness (QED) is 0.122. The second-order valence-corrected chi connectivity index (χ2v) is 13.4. The third-order valence-corrected chi connectivity index (χ3v) is 9.85. The minimum Gasteiger partial charge on any atom is -0.459 e. The van der Waals surface area contributed by atoms with Crippen molar-refractivity contribution in [3.63, 3.8) is 0 Å². The number of carbonyl (C=O) groups is 3. The molecule has 2 aliphatic heterocycles. The summed E-state index contributed by atoms with van der Waals surface area (Å²) in [4.78, 5) is 55.7. The highest BCUT2D eigenvalue weighted by Gasteiger charge is 2.41. The van der Waals surface area contributed by atoms with Crippen molar-refractivity contribution in [3.05, 3.63) is 122 Å². The molecule has 1 aromatic heterocycles. The van der Waals surface area contributed by atoms with Crippen LogP contribution < -0.4 is 15.8 Å². The molecule has 13 nitrogen and oxygen atoms in total. The molecule has 3 amide bonds. The number of benzene rings is 3. The predicted molar refractivity (Wildman–Crippen MR) is 202 cm³/mol. The lowest BCUT2D eigenvalue weighted by molar-refractivity contribution is -0.166. The minimum atomic E-state index is -0.893. The van der Waals surface area contributed by atoms with E-state index in [0.29, 0.717) is 65.1 Å². The summed E-state index contributed by atoms with van der Waals surface area (Å²) in [5.41, 5.74) is 3.51. The van der Waals surface area contributed by atoms with Crippen LogP contribution in [0.2, 0.25) is 5.02 Å². The summed E-state index contributed by atoms with van der Waals surface area (Å²) in [5.74, 6) is -2.54. The van der Waals surface area contributed by atoms with Gasteiger partial charge in [-0.15, -0.1) is 0 Å². The number of para-hydroxylation sites is 1. The number of anilines is 2. The molecule has 0 aliphatic carbocycles. The van der Waals surface area contributed by atoms with Crippen molar-refractivity contribution >= 4 is 40.7 Å². The van der Waals surface area contributed by atoms with E-state index in [-0.39, 0.29) is 42.3 Å². The second kappa shape index (κ2) is 17.0. The van der Waals surface area contributed by atoms with E-state index in [2.05, 4.69) is 5.32 Å². The lowest BCUT2D eigenvalue weighted by Gasteiger charge is -2.36. The maximum absolute atomic E-state index is 14.3. The normalized spacial score (nSPS) is 18.1. The van der Waals surface area contributed by atoms with Crippen molar-refractivity contribution < 1.29 is 38.4 Å². The number of aliphatic hydroxyl groups excluding tert-OH is 1. The summed E-state index contributed by atoms with van der Waals surface area (Å²) in [5, 5.41) is 12.2. The third kappa shape index (κ3) is 7.77. The summed E-state index contributed by atoms with van der Waals surface area (Å²) in [6.45, 7) is 6.79. The Morgan fingerprint density at radius 1 is 0.926 bits per heavy atom. The number of aryl methyl sites for hydroxylation is 1. The van der Waals surface area contributed by atoms with Gasteiger partial charge in [0, 0.05) is 54.1 Å². The molecule has 2 N–H and O–H groups in total. The number of imide groups is 1. The Morgan fingerprint density at radius 2 is 1.65 bits per heavy atom. The van der Waals surface area contributed by atoms with Crippen molar-refractivity contribution in [1.29, 1.82) is 0 Å². The molecule has 284 valence electrons. The van der Waals surface area contributed by atoms with Gasteiger partial charge in [-0.05, 0) is 87.4 Å². The van der Waals surface area contributed by atoms with Crippen molar-refractivity contribution in [2.24, 2.45) is 13.0 Å². The van der Waals surface area contributed by atoms with Gasteiger partial charge < -0.3 is 29.4 Å². The van der Waals surface area contributed by atoms with Gasteiger partial charge in [0.15, 0.2) is 5.76 Å². The van der Waals surface area contributed by atoms with Gasteiger partial charge in [-0.2, -0.15) is 0 Å². The van der Waals surface area contributed by atoms with Crippen LogP contribution in [0, 0.1) is 19.8 Å². The van der Waals surface area contributed by atoms with E-state index in [0.717, 1.165) is 4.90 Å². The second-order valence-electron chi connectivity index (χ2n) is 13.0. The molecular weight excluding hydrogens is 716 g/mol. The number of hydrogen-bond donors (Lipinski definition) is 2. The average molecular weight is 759 g/mol. The highest BCUT2D eigenvalue weighted by Crippen LogP contribution is 2.40. The van der Waals surface area contributed by atoms with Crippen LogP contribution in [0.15, 0.2) is 83.4 Å². The smallest absolute Gasteiger partial charge is 0.290 e. The fourth-order valence-electron chi connectivity index (χ4n) is 6.96. The first-order valence-corrected chi connectivity index (χ1v) is 18.1. The van der Waals surface area contributed by atoms with Gasteiger partial charge in [-0.3, -0.25) is 23.9 Å². The summed E-state index contributed by atoms with van der Waals surface area (Å²) < 4.78 is 26.9. The molecule has 0 saturated carbocycles. The van der Waals surface area contributed by atoms with Crippen molar-refractivity contribution in [3.8, 4) is 5.69 Å². The topological polar surface area (TPSA) is 151 Å². The number of hydrogen-bond acceptors (Lipinski definition) is 9. The fraction of sp³-hybridized carbons (Fsp3) is 0.350. The van der Waals surface area contributed by atoms with Gasteiger partial charge in [0.25, 0.3) is 23.3 Å². The van der Waals surface area contributed by atoms with E-state index in [4.69, 9.17) is 35.7 Å². The number of carbonyl (C=O) groups excluding carboxylic acids is 3. The summed E-state index contributed by atoms with van der Waals surface area (Å²) in [6.07, 6.45) is 1.21. The van der Waals surface area contributed by atoms with Crippen molar-refractivity contribution in [2.45, 2.75) is 39.4 Å². The summed E-state index contributed by atoms with van der Waals surface area (Å²) in [7, 11) is 1.82. The SMILES string of the molecule is CCO[C@@H]1OC(C(=O)Nc2ccc(N3C(=O)c4ccc(Cl)cc4C3=O)c(C)c2)=C[C@H](c2c(C)n(C)n(-c3ccccc3)c2=O)[C@H]1CCOCCOCCO. The molecule has 0 unspecified atom stereocenters. The maximum atomic E-state index is 14.3. The molecule has 0 fully saturated rings. The van der Waals surface area contributed by atoms with Crippen LogP contribution in [0.5, 0.6) is 0 Å². The molecule has 3 aromatic carbocycles. The predicted octanol–water partition coefficient (Wildman–Crippen LogP) is 5.28. The zero-order valence-corrected chi connectivity index (χ0v) is 31.3. The number of allylic oxidation sites excluding steroid dienone is 1. The molecule has 0 saturated heterocycles. The van der Waals surface area contributed by atoms with E-state index in [1.807, 2.05) is 51.2 Å². The average Bonchev–Trinajstić information content (AvgIpc) is 3.53. The summed E-state index contributed by atoms with van der Waals surface area (Å²) >= 11 is 6.09. The van der Waals surface area contributed by atoms with E-state index in [1.165, 1.54) is 12.1 Å². The number of aliphatic hydroxyl groups is 1. The molecule has 6 rings (SSSR count). The van der Waals surface area contributed by atoms with Gasteiger partial charge in [-0.1, -0.05) is 29.8 Å². The molecule has 54 heavy (non-hydrogen) atoms. The highest BCUT2D eigenvalue weighted by atomic mass is 35.5. The largest absolute Gasteiger partial charge is 0.459 e. The van der Waals surface area contributed by atoms with Crippen LogP contribution in [0.1, 0.15) is 56.8 Å². The molecule has 3 heterocycles. The minimum absolute atomic E-state index is 0.0270. The molecule has 3 atom stereocenters. The highest BCUT2D eigenvalue weighted by molar-refractivity contribution is 6.37. The van der Waals surface area contributed by atoms with E-state index in [9.17, 15) is 19.2 Å². The lowest BCUT2D eigenvalue weighted by Crippen LogP contribution is -2.39. The van der Waals surface area contributed by atoms with Crippen LogP contribution in [-0.2, 0) is 30.8 Å². The Labute approximate surface area is 317 Å². The Bertz CT molecular complexity index is 2130. The zero-order valence-electron chi connectivity index (χ0n) is 30.5. The van der Waals surface area contributed by atoms with E-state index in [1.54, 1.807) is 46.6 Å². The lowest BCUT2D eigenvalue weighted by atomic mass is 9.81. The zero-order chi connectivity index (χ0) is 38.5. The first kappa shape index (κ1) is 38.7. The van der Waals surface area contributed by atoms with E-state index < -0.39 is 35.8 Å². The van der Waals surface area contributed by atoms with Gasteiger partial charge in [0.05, 0.1) is 48.9 Å². The van der Waals surface area contributed by atoms with Gasteiger partial charge >= 0.3 is 0 Å². The van der Waals surface area contributed by atoms with Crippen LogP contribution in [-0.4, -0.2) is 78.1 Å². The molecule has 14 heteroatoms. The van der Waals surface area contributed by atoms with Gasteiger partial charge in [0.2, 0.25) is 6.29 Å². The third-order valence-electron chi connectivity index (χ3n) is 9.62. The molecular formula is C40H43ClN4O9. The molecule has 2 aliphatic rings. The number of aromatic nitrogens is 2. The fourth-order valence-corrected chi connectivity index (χ4v) is 7.13. The maximum Gasteiger partial charge on any atom is 0.290 e. The number of amides is 3. The Balaban J connectivity index is 1.30. The van der Waals surface area contributed by atoms with Gasteiger partial charge in [0.1, 0.15) is 0 Å². The Hall–Kier alpha value is -5.05. The van der Waals surface area contributed by atoms with Crippen LogP contribution in [0.3, 0.4) is 0 Å². The monoisotopic (exact) mass is 758 g/mol. The Kier molecular flexibility index (Phi) is 12.1. The number of ether oxygens (including phenoxy) is 4.